The third kappa shape index (κ3) is 2.03. The monoisotopic (exact) mass is 202 g/mol. The van der Waals surface area contributed by atoms with Crippen molar-refractivity contribution in [2.75, 3.05) is 0 Å². The van der Waals surface area contributed by atoms with Crippen molar-refractivity contribution in [2.45, 2.75) is 26.2 Å². The zero-order valence-electron chi connectivity index (χ0n) is 9.15. The fraction of sp³-hybridized carbons (Fsp3) is 0.364. The van der Waals surface area contributed by atoms with E-state index in [9.17, 15) is 0 Å². The average molecular weight is 202 g/mol. The molecule has 0 radical (unpaired) electrons. The lowest BCUT2D eigenvalue weighted by Gasteiger charge is -2.18. The third-order valence-corrected chi connectivity index (χ3v) is 2.29. The maximum absolute atomic E-state index is 4.22. The molecule has 0 aliphatic carbocycles. The second-order valence-electron chi connectivity index (χ2n) is 4.55. The predicted octanol–water partition coefficient (Wildman–Crippen LogP) is 2.16. The van der Waals surface area contributed by atoms with E-state index in [2.05, 4.69) is 47.0 Å². The number of rotatable bonds is 1. The molecule has 0 atom stereocenters. The standard InChI is InChI=1S/C11H14N4/c1-11(2,3)9-4-8(5-12-6-9)10-13-7-14-15-10/h4-7H,1-3H3,(H,13,14,15). The van der Waals surface area contributed by atoms with Crippen LogP contribution < -0.4 is 0 Å². The van der Waals surface area contributed by atoms with Gasteiger partial charge in [0.15, 0.2) is 5.82 Å². The molecule has 4 nitrogen and oxygen atoms in total. The van der Waals surface area contributed by atoms with Gasteiger partial charge in [-0.2, -0.15) is 5.10 Å². The van der Waals surface area contributed by atoms with Crippen LogP contribution in [0.4, 0.5) is 0 Å². The summed E-state index contributed by atoms with van der Waals surface area (Å²) < 4.78 is 0. The molecule has 78 valence electrons. The van der Waals surface area contributed by atoms with Crippen LogP contribution in [-0.4, -0.2) is 20.2 Å². The molecule has 2 aromatic rings. The molecule has 0 spiro atoms. The van der Waals surface area contributed by atoms with Crippen LogP contribution in [0.2, 0.25) is 0 Å². The van der Waals surface area contributed by atoms with Crippen molar-refractivity contribution in [3.05, 3.63) is 30.4 Å². The van der Waals surface area contributed by atoms with E-state index < -0.39 is 0 Å². The molecule has 0 saturated heterocycles. The summed E-state index contributed by atoms with van der Waals surface area (Å²) in [6, 6.07) is 2.09. The normalized spacial score (nSPS) is 11.7. The molecule has 0 fully saturated rings. The molecule has 2 heterocycles. The number of nitrogens with zero attached hydrogens (tertiary/aromatic N) is 3. The first-order chi connectivity index (χ1) is 7.07. The summed E-state index contributed by atoms with van der Waals surface area (Å²) in [7, 11) is 0. The lowest BCUT2D eigenvalue weighted by molar-refractivity contribution is 0.587. The SMILES string of the molecule is CC(C)(C)c1cncc(-c2ncn[nH]2)c1. The topological polar surface area (TPSA) is 54.5 Å². The van der Waals surface area contributed by atoms with Gasteiger partial charge in [0.1, 0.15) is 6.33 Å². The number of aromatic amines is 1. The van der Waals surface area contributed by atoms with Crippen LogP contribution in [-0.2, 0) is 5.41 Å². The summed E-state index contributed by atoms with van der Waals surface area (Å²) in [5.74, 6) is 0.758. The molecule has 0 saturated carbocycles. The van der Waals surface area contributed by atoms with Crippen molar-refractivity contribution in [2.24, 2.45) is 0 Å². The quantitative estimate of drug-likeness (QED) is 0.771. The highest BCUT2D eigenvalue weighted by molar-refractivity contribution is 5.54. The van der Waals surface area contributed by atoms with Gasteiger partial charge in [0.2, 0.25) is 0 Å². The molecule has 0 amide bonds. The summed E-state index contributed by atoms with van der Waals surface area (Å²) in [5, 5.41) is 6.66. The number of nitrogens with one attached hydrogen (secondary N) is 1. The van der Waals surface area contributed by atoms with Gasteiger partial charge in [-0.1, -0.05) is 20.8 Å². The Labute approximate surface area is 88.8 Å². The van der Waals surface area contributed by atoms with Gasteiger partial charge in [-0.3, -0.25) is 10.1 Å². The molecule has 0 bridgehead atoms. The summed E-state index contributed by atoms with van der Waals surface area (Å²) in [6.45, 7) is 6.48. The molecule has 4 heteroatoms. The molecule has 0 aliphatic rings. The Balaban J connectivity index is 2.44. The van der Waals surface area contributed by atoms with Crippen LogP contribution in [0.3, 0.4) is 0 Å². The Kier molecular flexibility index (Phi) is 2.26. The lowest BCUT2D eigenvalue weighted by Crippen LogP contribution is -2.11. The van der Waals surface area contributed by atoms with Crippen molar-refractivity contribution >= 4 is 0 Å². The Morgan fingerprint density at radius 1 is 1.20 bits per heavy atom. The number of hydrogen-bond acceptors (Lipinski definition) is 3. The number of H-pyrrole nitrogens is 1. The molecule has 15 heavy (non-hydrogen) atoms. The van der Waals surface area contributed by atoms with Crippen molar-refractivity contribution in [3.8, 4) is 11.4 Å². The van der Waals surface area contributed by atoms with Gasteiger partial charge in [0.25, 0.3) is 0 Å². The van der Waals surface area contributed by atoms with E-state index in [1.807, 2.05) is 6.20 Å². The predicted molar refractivity (Wildman–Crippen MR) is 58.3 cm³/mol. The van der Waals surface area contributed by atoms with Crippen LogP contribution in [0.1, 0.15) is 26.3 Å². The minimum absolute atomic E-state index is 0.100. The summed E-state index contributed by atoms with van der Waals surface area (Å²) >= 11 is 0. The fourth-order valence-corrected chi connectivity index (χ4v) is 1.32. The van der Waals surface area contributed by atoms with E-state index in [1.165, 1.54) is 11.9 Å². The van der Waals surface area contributed by atoms with Gasteiger partial charge in [-0.15, -0.1) is 0 Å². The molecule has 1 N–H and O–H groups in total. The number of aromatic nitrogens is 4. The van der Waals surface area contributed by atoms with Crippen LogP contribution in [0, 0.1) is 0 Å². The van der Waals surface area contributed by atoms with Crippen molar-refractivity contribution < 1.29 is 0 Å². The molecule has 0 aliphatic heterocycles. The van der Waals surface area contributed by atoms with Crippen LogP contribution in [0.15, 0.2) is 24.8 Å². The Morgan fingerprint density at radius 3 is 2.60 bits per heavy atom. The first-order valence-corrected chi connectivity index (χ1v) is 4.88. The van der Waals surface area contributed by atoms with Gasteiger partial charge in [0, 0.05) is 18.0 Å². The van der Waals surface area contributed by atoms with Gasteiger partial charge in [-0.25, -0.2) is 4.98 Å². The lowest BCUT2D eigenvalue weighted by atomic mass is 9.87. The molecule has 0 aromatic carbocycles. The van der Waals surface area contributed by atoms with Gasteiger partial charge >= 0.3 is 0 Å². The van der Waals surface area contributed by atoms with Crippen LogP contribution in [0.5, 0.6) is 0 Å². The zero-order chi connectivity index (χ0) is 10.9. The van der Waals surface area contributed by atoms with Crippen LogP contribution in [0.25, 0.3) is 11.4 Å². The average Bonchev–Trinajstić information content (AvgIpc) is 2.69. The molecular weight excluding hydrogens is 188 g/mol. The van der Waals surface area contributed by atoms with Crippen molar-refractivity contribution in [3.63, 3.8) is 0 Å². The van der Waals surface area contributed by atoms with E-state index in [1.54, 1.807) is 6.20 Å². The smallest absolute Gasteiger partial charge is 0.156 e. The third-order valence-electron chi connectivity index (χ3n) is 2.29. The summed E-state index contributed by atoms with van der Waals surface area (Å²) in [6.07, 6.45) is 5.18. The molecule has 0 unspecified atom stereocenters. The maximum Gasteiger partial charge on any atom is 0.156 e. The molecular formula is C11H14N4. The maximum atomic E-state index is 4.22. The van der Waals surface area contributed by atoms with E-state index in [0.29, 0.717) is 0 Å². The second-order valence-corrected chi connectivity index (χ2v) is 4.55. The largest absolute Gasteiger partial charge is 0.264 e. The van der Waals surface area contributed by atoms with Crippen molar-refractivity contribution in [1.29, 1.82) is 0 Å². The van der Waals surface area contributed by atoms with E-state index in [-0.39, 0.29) is 5.41 Å². The van der Waals surface area contributed by atoms with E-state index in [4.69, 9.17) is 0 Å². The highest BCUT2D eigenvalue weighted by Crippen LogP contribution is 2.24. The highest BCUT2D eigenvalue weighted by atomic mass is 15.2. The van der Waals surface area contributed by atoms with Gasteiger partial charge in [-0.05, 0) is 17.0 Å². The highest BCUT2D eigenvalue weighted by Gasteiger charge is 2.15. The number of hydrogen-bond donors (Lipinski definition) is 1. The summed E-state index contributed by atoms with van der Waals surface area (Å²) in [4.78, 5) is 8.32. The Morgan fingerprint density at radius 2 is 2.00 bits per heavy atom. The summed E-state index contributed by atoms with van der Waals surface area (Å²) in [5.41, 5.74) is 2.26. The first-order valence-electron chi connectivity index (χ1n) is 4.88. The molecule has 2 aromatic heterocycles. The van der Waals surface area contributed by atoms with E-state index >= 15 is 0 Å². The minimum Gasteiger partial charge on any atom is -0.264 e. The number of pyridine rings is 1. The molecule has 2 rings (SSSR count). The van der Waals surface area contributed by atoms with E-state index in [0.717, 1.165) is 11.4 Å². The fourth-order valence-electron chi connectivity index (χ4n) is 1.32. The van der Waals surface area contributed by atoms with Crippen molar-refractivity contribution in [1.82, 2.24) is 20.2 Å². The minimum atomic E-state index is 0.100. The van der Waals surface area contributed by atoms with Gasteiger partial charge in [0.05, 0.1) is 0 Å². The first kappa shape index (κ1) is 9.83. The Hall–Kier alpha value is -1.71. The second kappa shape index (κ2) is 3.46. The zero-order valence-corrected chi connectivity index (χ0v) is 9.15. The van der Waals surface area contributed by atoms with Gasteiger partial charge < -0.3 is 0 Å². The van der Waals surface area contributed by atoms with Crippen LogP contribution >= 0.6 is 0 Å². The Bertz CT molecular complexity index is 440.